The van der Waals surface area contributed by atoms with E-state index in [2.05, 4.69) is 26.2 Å². The second kappa shape index (κ2) is 6.62. The molecule has 0 saturated heterocycles. The summed E-state index contributed by atoms with van der Waals surface area (Å²) in [6.45, 7) is 1.19. The first-order valence-corrected chi connectivity index (χ1v) is 6.97. The van der Waals surface area contributed by atoms with E-state index in [1.54, 1.807) is 12.3 Å². The molecule has 7 heteroatoms. The maximum atomic E-state index is 11.0. The Kier molecular flexibility index (Phi) is 4.86. The zero-order valence-electron chi connectivity index (χ0n) is 11.0. The number of benzene rings is 1. The summed E-state index contributed by atoms with van der Waals surface area (Å²) in [5, 5.41) is 14.2. The van der Waals surface area contributed by atoms with Crippen LogP contribution in [0.2, 0.25) is 0 Å². The molecule has 0 spiro atoms. The van der Waals surface area contributed by atoms with Gasteiger partial charge in [-0.2, -0.15) is 0 Å². The van der Waals surface area contributed by atoms with Crippen LogP contribution >= 0.6 is 15.9 Å². The Morgan fingerprint density at radius 1 is 1.50 bits per heavy atom. The average molecular weight is 339 g/mol. The van der Waals surface area contributed by atoms with Crippen molar-refractivity contribution in [1.29, 1.82) is 0 Å². The summed E-state index contributed by atoms with van der Waals surface area (Å²) in [4.78, 5) is 14.8. The molecule has 0 saturated carbocycles. The predicted molar refractivity (Wildman–Crippen MR) is 79.4 cm³/mol. The van der Waals surface area contributed by atoms with E-state index >= 15 is 0 Å². The van der Waals surface area contributed by atoms with Crippen molar-refractivity contribution >= 4 is 21.6 Å². The number of imidazole rings is 1. The Bertz CT molecular complexity index is 612. The number of hydrogen-bond donors (Lipinski definition) is 1. The quantitative estimate of drug-likeness (QED) is 0.498. The lowest BCUT2D eigenvalue weighted by molar-refractivity contribution is -0.385. The Hall–Kier alpha value is -1.73. The Balaban J connectivity index is 1.91. The predicted octanol–water partition coefficient (Wildman–Crippen LogP) is 2.42. The van der Waals surface area contributed by atoms with Gasteiger partial charge in [0.2, 0.25) is 0 Å². The third-order valence-corrected chi connectivity index (χ3v) is 3.50. The highest BCUT2D eigenvalue weighted by Gasteiger charge is 2.13. The summed E-state index contributed by atoms with van der Waals surface area (Å²) in [5.41, 5.74) is 0.807. The van der Waals surface area contributed by atoms with Gasteiger partial charge in [0.1, 0.15) is 5.82 Å². The van der Waals surface area contributed by atoms with E-state index in [1.165, 1.54) is 6.07 Å². The SMILES string of the molecule is Cn1ccnc1CCNCc1ccc(Br)cc1[N+](=O)[O-]. The van der Waals surface area contributed by atoms with Crippen molar-refractivity contribution in [3.63, 3.8) is 0 Å². The van der Waals surface area contributed by atoms with E-state index in [9.17, 15) is 10.1 Å². The van der Waals surface area contributed by atoms with Crippen LogP contribution < -0.4 is 5.32 Å². The Morgan fingerprint density at radius 2 is 2.30 bits per heavy atom. The van der Waals surface area contributed by atoms with Crippen molar-refractivity contribution in [2.45, 2.75) is 13.0 Å². The first-order chi connectivity index (χ1) is 9.58. The highest BCUT2D eigenvalue weighted by molar-refractivity contribution is 9.10. The topological polar surface area (TPSA) is 73.0 Å². The molecule has 1 aromatic carbocycles. The lowest BCUT2D eigenvalue weighted by Gasteiger charge is -2.06. The Labute approximate surface area is 125 Å². The van der Waals surface area contributed by atoms with Gasteiger partial charge >= 0.3 is 0 Å². The van der Waals surface area contributed by atoms with Crippen LogP contribution in [0.25, 0.3) is 0 Å². The van der Waals surface area contributed by atoms with E-state index in [4.69, 9.17) is 0 Å². The summed E-state index contributed by atoms with van der Waals surface area (Å²) in [7, 11) is 1.95. The van der Waals surface area contributed by atoms with Gasteiger partial charge in [-0.1, -0.05) is 15.9 Å². The number of aromatic nitrogens is 2. The van der Waals surface area contributed by atoms with Crippen LogP contribution in [0.5, 0.6) is 0 Å². The maximum absolute atomic E-state index is 11.0. The molecule has 0 bridgehead atoms. The molecule has 0 fully saturated rings. The molecule has 1 aromatic heterocycles. The highest BCUT2D eigenvalue weighted by Crippen LogP contribution is 2.23. The molecule has 106 valence electrons. The number of nitrogens with one attached hydrogen (secondary N) is 1. The van der Waals surface area contributed by atoms with Crippen LogP contribution in [0.15, 0.2) is 35.1 Å². The number of halogens is 1. The van der Waals surface area contributed by atoms with Crippen LogP contribution in [0, 0.1) is 10.1 Å². The van der Waals surface area contributed by atoms with Gasteiger partial charge in [0.15, 0.2) is 0 Å². The van der Waals surface area contributed by atoms with E-state index in [0.717, 1.165) is 18.8 Å². The molecular formula is C13H15BrN4O2. The normalized spacial score (nSPS) is 10.7. The second-order valence-electron chi connectivity index (χ2n) is 4.41. The Morgan fingerprint density at radius 3 is 2.95 bits per heavy atom. The van der Waals surface area contributed by atoms with Crippen molar-refractivity contribution in [2.75, 3.05) is 6.54 Å². The second-order valence-corrected chi connectivity index (χ2v) is 5.33. The molecule has 1 heterocycles. The molecule has 6 nitrogen and oxygen atoms in total. The van der Waals surface area contributed by atoms with Gasteiger partial charge < -0.3 is 9.88 Å². The van der Waals surface area contributed by atoms with Gasteiger partial charge in [0, 0.05) is 55.1 Å². The maximum Gasteiger partial charge on any atom is 0.275 e. The standard InChI is InChI=1S/C13H15BrN4O2/c1-17-7-6-16-13(17)4-5-15-9-10-2-3-11(14)8-12(10)18(19)20/h2-3,6-8,15H,4-5,9H2,1H3. The molecule has 0 atom stereocenters. The smallest absolute Gasteiger partial charge is 0.275 e. The molecule has 1 N–H and O–H groups in total. The molecule has 0 aliphatic heterocycles. The van der Waals surface area contributed by atoms with Crippen molar-refractivity contribution in [2.24, 2.45) is 7.05 Å². The summed E-state index contributed by atoms with van der Waals surface area (Å²) >= 11 is 3.24. The summed E-state index contributed by atoms with van der Waals surface area (Å²) in [5.74, 6) is 0.989. The van der Waals surface area contributed by atoms with Crippen LogP contribution in [0.4, 0.5) is 5.69 Å². The molecule has 0 radical (unpaired) electrons. The fourth-order valence-corrected chi connectivity index (χ4v) is 2.27. The molecule has 0 aliphatic carbocycles. The fraction of sp³-hybridized carbons (Fsp3) is 0.308. The molecule has 2 aromatic rings. The number of nitro groups is 1. The number of aryl methyl sites for hydroxylation is 1. The minimum Gasteiger partial charge on any atom is -0.338 e. The van der Waals surface area contributed by atoms with Crippen molar-refractivity contribution in [1.82, 2.24) is 14.9 Å². The van der Waals surface area contributed by atoms with Crippen LogP contribution in [0.1, 0.15) is 11.4 Å². The van der Waals surface area contributed by atoms with E-state index in [-0.39, 0.29) is 10.6 Å². The number of nitrogens with zero attached hydrogens (tertiary/aromatic N) is 3. The first-order valence-electron chi connectivity index (χ1n) is 6.17. The lowest BCUT2D eigenvalue weighted by Crippen LogP contribution is -2.18. The fourth-order valence-electron chi connectivity index (χ4n) is 1.92. The number of nitro benzene ring substituents is 1. The minimum atomic E-state index is -0.361. The molecule has 2 rings (SSSR count). The average Bonchev–Trinajstić information content (AvgIpc) is 2.81. The van der Waals surface area contributed by atoms with Crippen molar-refractivity contribution in [3.8, 4) is 0 Å². The van der Waals surface area contributed by atoms with Gasteiger partial charge in [0.05, 0.1) is 4.92 Å². The summed E-state index contributed by atoms with van der Waals surface area (Å²) in [6, 6.07) is 5.09. The molecule has 0 aliphatic rings. The summed E-state index contributed by atoms with van der Waals surface area (Å²) in [6.07, 6.45) is 4.44. The van der Waals surface area contributed by atoms with Gasteiger partial charge in [-0.3, -0.25) is 10.1 Å². The van der Waals surface area contributed by atoms with E-state index < -0.39 is 0 Å². The third kappa shape index (κ3) is 3.64. The van der Waals surface area contributed by atoms with Gasteiger partial charge in [-0.15, -0.1) is 0 Å². The van der Waals surface area contributed by atoms with Gasteiger partial charge in [-0.05, 0) is 12.1 Å². The third-order valence-electron chi connectivity index (χ3n) is 3.01. The molecule has 20 heavy (non-hydrogen) atoms. The summed E-state index contributed by atoms with van der Waals surface area (Å²) < 4.78 is 2.67. The zero-order chi connectivity index (χ0) is 14.5. The first kappa shape index (κ1) is 14.7. The zero-order valence-corrected chi connectivity index (χ0v) is 12.6. The highest BCUT2D eigenvalue weighted by atomic mass is 79.9. The van der Waals surface area contributed by atoms with Gasteiger partial charge in [0.25, 0.3) is 5.69 Å². The van der Waals surface area contributed by atoms with Gasteiger partial charge in [-0.25, -0.2) is 4.98 Å². The molecule has 0 amide bonds. The van der Waals surface area contributed by atoms with Crippen LogP contribution in [0.3, 0.4) is 0 Å². The lowest BCUT2D eigenvalue weighted by atomic mass is 10.2. The molecular weight excluding hydrogens is 324 g/mol. The molecule has 0 unspecified atom stereocenters. The van der Waals surface area contributed by atoms with E-state index in [0.29, 0.717) is 16.6 Å². The van der Waals surface area contributed by atoms with Crippen molar-refractivity contribution < 1.29 is 4.92 Å². The van der Waals surface area contributed by atoms with E-state index in [1.807, 2.05) is 23.9 Å². The number of hydrogen-bond acceptors (Lipinski definition) is 4. The monoisotopic (exact) mass is 338 g/mol. The number of rotatable bonds is 6. The van der Waals surface area contributed by atoms with Crippen LogP contribution in [-0.4, -0.2) is 21.0 Å². The largest absolute Gasteiger partial charge is 0.338 e. The van der Waals surface area contributed by atoms with Crippen molar-refractivity contribution in [3.05, 3.63) is 56.6 Å². The van der Waals surface area contributed by atoms with Crippen LogP contribution in [-0.2, 0) is 20.0 Å². The minimum absolute atomic E-state index is 0.129.